The third kappa shape index (κ3) is 5.35. The quantitative estimate of drug-likeness (QED) is 0.722. The van der Waals surface area contributed by atoms with Crippen LogP contribution in [-0.2, 0) is 11.2 Å². The van der Waals surface area contributed by atoms with Gasteiger partial charge in [0.25, 0.3) is 0 Å². The number of hydrogen-bond acceptors (Lipinski definition) is 1. The fraction of sp³-hybridized carbons (Fsp3) is 0.562. The van der Waals surface area contributed by atoms with Crippen molar-refractivity contribution in [1.29, 1.82) is 0 Å². The summed E-state index contributed by atoms with van der Waals surface area (Å²) in [7, 11) is 0. The molecule has 0 aromatic heterocycles. The van der Waals surface area contributed by atoms with E-state index >= 15 is 0 Å². The highest BCUT2D eigenvalue weighted by Gasteiger charge is 2.11. The fourth-order valence-corrected chi connectivity index (χ4v) is 1.93. The number of carbonyl (C=O) groups is 1. The first kappa shape index (κ1) is 14.7. The summed E-state index contributed by atoms with van der Waals surface area (Å²) in [6, 6.07) is 10.2. The Morgan fingerprint density at radius 3 is 2.44 bits per heavy atom. The van der Waals surface area contributed by atoms with E-state index in [1.165, 1.54) is 5.56 Å². The summed E-state index contributed by atoms with van der Waals surface area (Å²) in [6.07, 6.45) is 2.55. The van der Waals surface area contributed by atoms with Crippen LogP contribution in [-0.4, -0.2) is 23.9 Å². The highest BCUT2D eigenvalue weighted by Crippen LogP contribution is 2.07. The van der Waals surface area contributed by atoms with Crippen molar-refractivity contribution in [2.24, 2.45) is 5.92 Å². The van der Waals surface area contributed by atoms with E-state index in [0.29, 0.717) is 12.3 Å². The Balaban J connectivity index is 2.38. The number of aryl methyl sites for hydroxylation is 1. The third-order valence-electron chi connectivity index (χ3n) is 3.18. The van der Waals surface area contributed by atoms with Gasteiger partial charge in [0.2, 0.25) is 5.91 Å². The van der Waals surface area contributed by atoms with E-state index in [9.17, 15) is 4.79 Å². The molecule has 18 heavy (non-hydrogen) atoms. The minimum Gasteiger partial charge on any atom is -0.343 e. The molecule has 0 heterocycles. The molecule has 0 saturated heterocycles. The van der Waals surface area contributed by atoms with Gasteiger partial charge in [0.05, 0.1) is 0 Å². The maximum absolute atomic E-state index is 12.1. The van der Waals surface area contributed by atoms with Gasteiger partial charge in [0.1, 0.15) is 0 Å². The molecule has 1 aromatic carbocycles. The molecule has 1 aromatic rings. The van der Waals surface area contributed by atoms with Crippen LogP contribution < -0.4 is 0 Å². The Labute approximate surface area is 111 Å². The topological polar surface area (TPSA) is 20.3 Å². The van der Waals surface area contributed by atoms with Crippen LogP contribution >= 0.6 is 0 Å². The van der Waals surface area contributed by atoms with Gasteiger partial charge in [-0.05, 0) is 31.2 Å². The predicted octanol–water partition coefficient (Wildman–Crippen LogP) is 3.51. The average molecular weight is 247 g/mol. The van der Waals surface area contributed by atoms with Gasteiger partial charge in [-0.2, -0.15) is 0 Å². The number of benzene rings is 1. The van der Waals surface area contributed by atoms with Crippen LogP contribution in [0.4, 0.5) is 0 Å². The van der Waals surface area contributed by atoms with E-state index in [4.69, 9.17) is 0 Å². The van der Waals surface area contributed by atoms with Gasteiger partial charge in [-0.25, -0.2) is 0 Å². The van der Waals surface area contributed by atoms with Gasteiger partial charge >= 0.3 is 0 Å². The summed E-state index contributed by atoms with van der Waals surface area (Å²) in [4.78, 5) is 14.1. The smallest absolute Gasteiger partial charge is 0.222 e. The van der Waals surface area contributed by atoms with Gasteiger partial charge in [0.15, 0.2) is 0 Å². The molecule has 2 nitrogen and oxygen atoms in total. The van der Waals surface area contributed by atoms with Crippen LogP contribution in [0, 0.1) is 5.92 Å². The van der Waals surface area contributed by atoms with Crippen LogP contribution in [0.3, 0.4) is 0 Å². The van der Waals surface area contributed by atoms with Gasteiger partial charge in [0, 0.05) is 19.5 Å². The van der Waals surface area contributed by atoms with Gasteiger partial charge in [-0.1, -0.05) is 44.2 Å². The molecular formula is C16H25NO. The highest BCUT2D eigenvalue weighted by atomic mass is 16.2. The Bertz CT molecular complexity index is 345. The minimum atomic E-state index is 0.280. The number of carbonyl (C=O) groups excluding carboxylic acids is 1. The highest BCUT2D eigenvalue weighted by molar-refractivity contribution is 5.76. The molecule has 1 rings (SSSR count). The molecule has 0 aliphatic rings. The van der Waals surface area contributed by atoms with Crippen molar-refractivity contribution in [1.82, 2.24) is 4.90 Å². The maximum Gasteiger partial charge on any atom is 0.222 e. The standard InChI is InChI=1S/C16H25NO/c1-4-17(13-12-14(2)3)16(18)11-10-15-8-6-5-7-9-15/h5-9,14H,4,10-13H2,1-3H3. The molecule has 2 heteroatoms. The van der Waals surface area contributed by atoms with Crippen molar-refractivity contribution in [3.05, 3.63) is 35.9 Å². The van der Waals surface area contributed by atoms with E-state index in [1.54, 1.807) is 0 Å². The molecule has 0 unspecified atom stereocenters. The zero-order valence-corrected chi connectivity index (χ0v) is 11.9. The Morgan fingerprint density at radius 1 is 1.22 bits per heavy atom. The lowest BCUT2D eigenvalue weighted by Gasteiger charge is -2.22. The summed E-state index contributed by atoms with van der Waals surface area (Å²) in [6.45, 7) is 8.16. The molecule has 100 valence electrons. The Morgan fingerprint density at radius 2 is 1.89 bits per heavy atom. The minimum absolute atomic E-state index is 0.280. The van der Waals surface area contributed by atoms with Crippen molar-refractivity contribution in [2.75, 3.05) is 13.1 Å². The lowest BCUT2D eigenvalue weighted by molar-refractivity contribution is -0.131. The SMILES string of the molecule is CCN(CCC(C)C)C(=O)CCc1ccccc1. The normalized spacial score (nSPS) is 10.7. The zero-order chi connectivity index (χ0) is 13.4. The molecule has 0 radical (unpaired) electrons. The average Bonchev–Trinajstić information content (AvgIpc) is 2.38. The first-order chi connectivity index (χ1) is 8.63. The lowest BCUT2D eigenvalue weighted by atomic mass is 10.1. The van der Waals surface area contributed by atoms with Gasteiger partial charge < -0.3 is 4.90 Å². The molecule has 0 spiro atoms. The van der Waals surface area contributed by atoms with Crippen molar-refractivity contribution in [2.45, 2.75) is 40.0 Å². The number of nitrogens with zero attached hydrogens (tertiary/aromatic N) is 1. The predicted molar refractivity (Wildman–Crippen MR) is 76.5 cm³/mol. The maximum atomic E-state index is 12.1. The molecule has 0 aliphatic carbocycles. The van der Waals surface area contributed by atoms with Gasteiger partial charge in [-0.15, -0.1) is 0 Å². The molecule has 0 fully saturated rings. The molecule has 0 bridgehead atoms. The zero-order valence-electron chi connectivity index (χ0n) is 11.9. The van der Waals surface area contributed by atoms with Crippen molar-refractivity contribution >= 4 is 5.91 Å². The molecule has 0 N–H and O–H groups in total. The van der Waals surface area contributed by atoms with E-state index in [-0.39, 0.29) is 5.91 Å². The second kappa shape index (κ2) is 7.91. The van der Waals surface area contributed by atoms with Crippen LogP contribution in [0.15, 0.2) is 30.3 Å². The van der Waals surface area contributed by atoms with E-state index < -0.39 is 0 Å². The first-order valence-corrected chi connectivity index (χ1v) is 6.95. The van der Waals surface area contributed by atoms with Crippen LogP contribution in [0.5, 0.6) is 0 Å². The summed E-state index contributed by atoms with van der Waals surface area (Å²) < 4.78 is 0. The Kier molecular flexibility index (Phi) is 6.48. The number of hydrogen-bond donors (Lipinski definition) is 0. The molecular weight excluding hydrogens is 222 g/mol. The summed E-state index contributed by atoms with van der Waals surface area (Å²) in [5, 5.41) is 0. The molecule has 1 amide bonds. The summed E-state index contributed by atoms with van der Waals surface area (Å²) in [5.41, 5.74) is 1.24. The van der Waals surface area contributed by atoms with Crippen molar-refractivity contribution in [3.8, 4) is 0 Å². The second-order valence-corrected chi connectivity index (χ2v) is 5.14. The Hall–Kier alpha value is -1.31. The van der Waals surface area contributed by atoms with Crippen molar-refractivity contribution in [3.63, 3.8) is 0 Å². The fourth-order valence-electron chi connectivity index (χ4n) is 1.93. The summed E-state index contributed by atoms with van der Waals surface area (Å²) >= 11 is 0. The van der Waals surface area contributed by atoms with Crippen LogP contribution in [0.2, 0.25) is 0 Å². The summed E-state index contributed by atoms with van der Waals surface area (Å²) in [5.74, 6) is 0.933. The monoisotopic (exact) mass is 247 g/mol. The molecule has 0 aliphatic heterocycles. The number of amides is 1. The molecule has 0 saturated carbocycles. The van der Waals surface area contributed by atoms with E-state index in [0.717, 1.165) is 25.9 Å². The first-order valence-electron chi connectivity index (χ1n) is 6.95. The second-order valence-electron chi connectivity index (χ2n) is 5.14. The van der Waals surface area contributed by atoms with Crippen LogP contribution in [0.1, 0.15) is 39.2 Å². The van der Waals surface area contributed by atoms with Gasteiger partial charge in [-0.3, -0.25) is 4.79 Å². The van der Waals surface area contributed by atoms with E-state index in [1.807, 2.05) is 23.1 Å². The van der Waals surface area contributed by atoms with Crippen molar-refractivity contribution < 1.29 is 4.79 Å². The molecule has 0 atom stereocenters. The number of rotatable bonds is 7. The van der Waals surface area contributed by atoms with E-state index in [2.05, 4.69) is 32.9 Å². The third-order valence-corrected chi connectivity index (χ3v) is 3.18. The largest absolute Gasteiger partial charge is 0.343 e. The lowest BCUT2D eigenvalue weighted by Crippen LogP contribution is -2.32. The van der Waals surface area contributed by atoms with Crippen LogP contribution in [0.25, 0.3) is 0 Å².